The van der Waals surface area contributed by atoms with E-state index in [2.05, 4.69) is 10.6 Å². The summed E-state index contributed by atoms with van der Waals surface area (Å²) in [6, 6.07) is 0.948. The average Bonchev–Trinajstić information content (AvgIpc) is 3.09. The molecule has 11 heteroatoms. The maximum atomic E-state index is 12.9. The Bertz CT molecular complexity index is 708. The second kappa shape index (κ2) is 9.36. The summed E-state index contributed by atoms with van der Waals surface area (Å²) in [4.78, 5) is 9.94. The maximum Gasteiger partial charge on any atom is 0.416 e. The molecular formula is C18H21F6N3O2. The quantitative estimate of drug-likeness (QED) is 0.240. The molecule has 2 N–H and O–H groups in total. The number of anilines is 1. The second-order valence-corrected chi connectivity index (χ2v) is 6.97. The van der Waals surface area contributed by atoms with Crippen LogP contribution >= 0.6 is 0 Å². The first-order valence-electron chi connectivity index (χ1n) is 9.11. The van der Waals surface area contributed by atoms with Gasteiger partial charge in [0, 0.05) is 12.2 Å². The molecule has 162 valence electrons. The third-order valence-electron chi connectivity index (χ3n) is 4.68. The highest BCUT2D eigenvalue weighted by Gasteiger charge is 2.37. The minimum absolute atomic E-state index is 0.00288. The molecule has 1 aromatic rings. The summed E-state index contributed by atoms with van der Waals surface area (Å²) in [6.07, 6.45) is -3.35. The summed E-state index contributed by atoms with van der Waals surface area (Å²) in [5.41, 5.74) is -3.56. The Morgan fingerprint density at radius 3 is 2.10 bits per heavy atom. The molecule has 0 amide bonds. The zero-order chi connectivity index (χ0) is 21.7. The number of rotatable bonds is 8. The Morgan fingerprint density at radius 1 is 1.07 bits per heavy atom. The molecule has 1 aliphatic rings. The average molecular weight is 425 g/mol. The summed E-state index contributed by atoms with van der Waals surface area (Å²) in [6.45, 7) is 0.300. The number of alkyl halides is 6. The van der Waals surface area contributed by atoms with Gasteiger partial charge in [-0.25, -0.2) is 0 Å². The van der Waals surface area contributed by atoms with Crippen LogP contribution < -0.4 is 10.6 Å². The molecule has 29 heavy (non-hydrogen) atoms. The minimum Gasteiger partial charge on any atom is -0.366 e. The smallest absolute Gasteiger partial charge is 0.366 e. The summed E-state index contributed by atoms with van der Waals surface area (Å²) in [7, 11) is 0. The second-order valence-electron chi connectivity index (χ2n) is 6.97. The molecule has 0 heterocycles. The Balaban J connectivity index is 2.13. The van der Waals surface area contributed by atoms with E-state index < -0.39 is 34.1 Å². The highest BCUT2D eigenvalue weighted by Crippen LogP contribution is 2.37. The van der Waals surface area contributed by atoms with Crippen molar-refractivity contribution in [1.82, 2.24) is 5.32 Å². The van der Waals surface area contributed by atoms with Crippen LogP contribution in [0.25, 0.3) is 0 Å². The zero-order valence-corrected chi connectivity index (χ0v) is 15.4. The third kappa shape index (κ3) is 7.47. The van der Waals surface area contributed by atoms with Crippen molar-refractivity contribution in [3.05, 3.63) is 51.5 Å². The predicted molar refractivity (Wildman–Crippen MR) is 94.3 cm³/mol. The molecule has 0 saturated heterocycles. The number of nitrogens with zero attached hydrogens (tertiary/aromatic N) is 1. The molecule has 0 unspecified atom stereocenters. The van der Waals surface area contributed by atoms with Crippen molar-refractivity contribution in [2.75, 3.05) is 11.9 Å². The van der Waals surface area contributed by atoms with Crippen molar-refractivity contribution >= 4 is 5.69 Å². The van der Waals surface area contributed by atoms with E-state index in [1.54, 1.807) is 0 Å². The van der Waals surface area contributed by atoms with Crippen LogP contribution in [0.4, 0.5) is 32.0 Å². The fraction of sp³-hybridized carbons (Fsp3) is 0.556. The van der Waals surface area contributed by atoms with Gasteiger partial charge in [0.25, 0.3) is 6.20 Å². The predicted octanol–water partition coefficient (Wildman–Crippen LogP) is 5.77. The van der Waals surface area contributed by atoms with E-state index >= 15 is 0 Å². The van der Waals surface area contributed by atoms with Crippen molar-refractivity contribution in [2.45, 2.75) is 50.9 Å². The number of nitrogens with one attached hydrogen (secondary N) is 2. The lowest BCUT2D eigenvalue weighted by atomic mass is 10.0. The fourth-order valence-electron chi connectivity index (χ4n) is 3.32. The number of benzene rings is 1. The van der Waals surface area contributed by atoms with Crippen LogP contribution in [0, 0.1) is 16.0 Å². The zero-order valence-electron chi connectivity index (χ0n) is 15.4. The summed E-state index contributed by atoms with van der Waals surface area (Å²) in [5.74, 6) is 0.305. The van der Waals surface area contributed by atoms with E-state index in [4.69, 9.17) is 0 Å². The third-order valence-corrected chi connectivity index (χ3v) is 4.68. The van der Waals surface area contributed by atoms with Gasteiger partial charge in [-0.15, -0.1) is 0 Å². The lowest BCUT2D eigenvalue weighted by Gasteiger charge is -2.17. The molecule has 0 aromatic heterocycles. The van der Waals surface area contributed by atoms with Crippen LogP contribution in [0.3, 0.4) is 0 Å². The molecule has 5 nitrogen and oxygen atoms in total. The van der Waals surface area contributed by atoms with Gasteiger partial charge >= 0.3 is 12.4 Å². The Labute approximate surface area is 163 Å². The van der Waals surface area contributed by atoms with Gasteiger partial charge in [-0.1, -0.05) is 25.7 Å². The number of hydrogen-bond donors (Lipinski definition) is 2. The first-order chi connectivity index (χ1) is 13.4. The number of hydrogen-bond acceptors (Lipinski definition) is 4. The van der Waals surface area contributed by atoms with Gasteiger partial charge in [0.05, 0.1) is 16.1 Å². The fourth-order valence-corrected chi connectivity index (χ4v) is 3.32. The SMILES string of the molecule is O=[N+]([O-])C=C(NCCCC1CCCC1)Nc1cc(C(F)(F)F)cc(C(F)(F)F)c1. The van der Waals surface area contributed by atoms with E-state index in [1.165, 1.54) is 12.8 Å². The minimum atomic E-state index is -5.00. The molecule has 1 aliphatic carbocycles. The summed E-state index contributed by atoms with van der Waals surface area (Å²) < 4.78 is 77.7. The standard InChI is InChI=1S/C18H21F6N3O2/c19-17(20,21)13-8-14(18(22,23)24)10-15(9-13)26-16(11-27(28)29)25-7-3-6-12-4-1-2-5-12/h8-12,25-26H,1-7H2. The van der Waals surface area contributed by atoms with Crippen LogP contribution in [0.1, 0.15) is 49.7 Å². The van der Waals surface area contributed by atoms with Crippen LogP contribution in [0.2, 0.25) is 0 Å². The highest BCUT2D eigenvalue weighted by atomic mass is 19.4. The van der Waals surface area contributed by atoms with Gasteiger partial charge < -0.3 is 10.6 Å². The lowest BCUT2D eigenvalue weighted by molar-refractivity contribution is -0.403. The van der Waals surface area contributed by atoms with E-state index in [1.807, 2.05) is 0 Å². The van der Waals surface area contributed by atoms with Crippen molar-refractivity contribution in [3.63, 3.8) is 0 Å². The van der Waals surface area contributed by atoms with Gasteiger partial charge in [-0.05, 0) is 37.0 Å². The van der Waals surface area contributed by atoms with Gasteiger partial charge in [0.1, 0.15) is 0 Å². The van der Waals surface area contributed by atoms with Gasteiger partial charge in [-0.3, -0.25) is 10.1 Å². The molecule has 1 saturated carbocycles. The first-order valence-corrected chi connectivity index (χ1v) is 9.11. The van der Waals surface area contributed by atoms with Crippen LogP contribution in [-0.2, 0) is 12.4 Å². The molecule has 1 fully saturated rings. The van der Waals surface area contributed by atoms with Crippen LogP contribution in [-0.4, -0.2) is 11.5 Å². The van der Waals surface area contributed by atoms with Crippen molar-refractivity contribution in [3.8, 4) is 0 Å². The molecule has 0 bridgehead atoms. The number of nitro groups is 1. The molecule has 0 aliphatic heterocycles. The van der Waals surface area contributed by atoms with Gasteiger partial charge in [0.15, 0.2) is 5.82 Å². The molecular weight excluding hydrogens is 404 g/mol. The maximum absolute atomic E-state index is 12.9. The van der Waals surface area contributed by atoms with Crippen molar-refractivity contribution in [1.29, 1.82) is 0 Å². The van der Waals surface area contributed by atoms with E-state index in [9.17, 15) is 36.5 Å². The molecule has 0 spiro atoms. The first kappa shape index (κ1) is 22.8. The van der Waals surface area contributed by atoms with E-state index in [0.29, 0.717) is 37.2 Å². The normalized spacial score (nSPS) is 16.1. The molecule has 0 atom stereocenters. The number of halogens is 6. The van der Waals surface area contributed by atoms with Crippen LogP contribution in [0.15, 0.2) is 30.2 Å². The molecule has 1 aromatic carbocycles. The highest BCUT2D eigenvalue weighted by molar-refractivity contribution is 5.53. The monoisotopic (exact) mass is 425 g/mol. The lowest BCUT2D eigenvalue weighted by Crippen LogP contribution is -2.23. The Morgan fingerprint density at radius 2 is 1.62 bits per heavy atom. The summed E-state index contributed by atoms with van der Waals surface area (Å²) >= 11 is 0. The van der Waals surface area contributed by atoms with Gasteiger partial charge in [0.2, 0.25) is 0 Å². The summed E-state index contributed by atoms with van der Waals surface area (Å²) in [5, 5.41) is 15.7. The van der Waals surface area contributed by atoms with Gasteiger partial charge in [-0.2, -0.15) is 26.3 Å². The van der Waals surface area contributed by atoms with E-state index in [0.717, 1.165) is 19.3 Å². The molecule has 0 radical (unpaired) electrons. The Kier molecular flexibility index (Phi) is 7.37. The molecule has 2 rings (SSSR count). The largest absolute Gasteiger partial charge is 0.416 e. The van der Waals surface area contributed by atoms with E-state index in [-0.39, 0.29) is 11.9 Å². The van der Waals surface area contributed by atoms with Crippen LogP contribution in [0.5, 0.6) is 0 Å². The van der Waals surface area contributed by atoms with Crippen molar-refractivity contribution in [2.24, 2.45) is 5.92 Å². The Hall–Kier alpha value is -2.46. The topological polar surface area (TPSA) is 67.2 Å². The van der Waals surface area contributed by atoms with Crippen molar-refractivity contribution < 1.29 is 31.3 Å².